The van der Waals surface area contributed by atoms with Crippen LogP contribution in [0.4, 0.5) is 0 Å². The molecule has 0 amide bonds. The zero-order valence-corrected chi connectivity index (χ0v) is 8.58. The van der Waals surface area contributed by atoms with Crippen LogP contribution in [0.25, 0.3) is 0 Å². The molecule has 4 nitrogen and oxygen atoms in total. The van der Waals surface area contributed by atoms with Crippen LogP contribution in [0.5, 0.6) is 0 Å². The van der Waals surface area contributed by atoms with Gasteiger partial charge in [-0.15, -0.1) is 0 Å². The number of carbonyl (C=O) groups is 1. The summed E-state index contributed by atoms with van der Waals surface area (Å²) in [7, 11) is 1.38. The smallest absolute Gasteiger partial charge is 0.305 e. The Labute approximate surface area is 83.2 Å². The molecule has 0 N–H and O–H groups in total. The van der Waals surface area contributed by atoms with Crippen molar-refractivity contribution >= 4 is 5.97 Å². The fourth-order valence-electron chi connectivity index (χ4n) is 1.17. The first-order valence-corrected chi connectivity index (χ1v) is 4.77. The summed E-state index contributed by atoms with van der Waals surface area (Å²) in [5, 5.41) is 3.86. The van der Waals surface area contributed by atoms with E-state index in [9.17, 15) is 4.79 Å². The van der Waals surface area contributed by atoms with Gasteiger partial charge in [0, 0.05) is 18.9 Å². The number of nitrogens with zero attached hydrogens (tertiary/aromatic N) is 1. The van der Waals surface area contributed by atoms with Gasteiger partial charge in [-0.2, -0.15) is 0 Å². The van der Waals surface area contributed by atoms with Crippen molar-refractivity contribution in [2.24, 2.45) is 0 Å². The molecule has 0 fully saturated rings. The third-order valence-electron chi connectivity index (χ3n) is 1.92. The minimum atomic E-state index is -0.218. The number of methoxy groups -OCH3 is 1. The molecule has 1 heterocycles. The van der Waals surface area contributed by atoms with Crippen LogP contribution in [-0.4, -0.2) is 18.2 Å². The van der Waals surface area contributed by atoms with Gasteiger partial charge in [-0.1, -0.05) is 12.1 Å². The van der Waals surface area contributed by atoms with Gasteiger partial charge in [0.15, 0.2) is 0 Å². The number of carbonyl (C=O) groups excluding carboxylic acids is 1. The number of hydrogen-bond acceptors (Lipinski definition) is 4. The molecule has 0 aromatic carbocycles. The first-order chi connectivity index (χ1) is 6.76. The van der Waals surface area contributed by atoms with E-state index in [1.165, 1.54) is 7.11 Å². The third kappa shape index (κ3) is 3.20. The highest BCUT2D eigenvalue weighted by Crippen LogP contribution is 2.08. The van der Waals surface area contributed by atoms with Gasteiger partial charge >= 0.3 is 5.97 Å². The summed E-state index contributed by atoms with van der Waals surface area (Å²) in [6.45, 7) is 2.08. The topological polar surface area (TPSA) is 52.3 Å². The second kappa shape index (κ2) is 5.42. The van der Waals surface area contributed by atoms with Crippen molar-refractivity contribution < 1.29 is 14.1 Å². The van der Waals surface area contributed by atoms with E-state index in [4.69, 9.17) is 4.52 Å². The van der Waals surface area contributed by atoms with Crippen molar-refractivity contribution in [3.05, 3.63) is 17.5 Å². The number of aryl methyl sites for hydroxylation is 2. The van der Waals surface area contributed by atoms with E-state index in [-0.39, 0.29) is 5.97 Å². The lowest BCUT2D eigenvalue weighted by atomic mass is 10.2. The maximum atomic E-state index is 10.8. The van der Waals surface area contributed by atoms with Crippen LogP contribution in [-0.2, 0) is 22.4 Å². The molecule has 0 aliphatic heterocycles. The maximum Gasteiger partial charge on any atom is 0.305 e. The monoisotopic (exact) mass is 197 g/mol. The largest absolute Gasteiger partial charge is 0.469 e. The summed E-state index contributed by atoms with van der Waals surface area (Å²) >= 11 is 0. The Morgan fingerprint density at radius 1 is 1.57 bits per heavy atom. The predicted octanol–water partition coefficient (Wildman–Crippen LogP) is 1.73. The lowest BCUT2D eigenvalue weighted by molar-refractivity contribution is -0.140. The molecular weight excluding hydrogens is 182 g/mol. The second-order valence-corrected chi connectivity index (χ2v) is 3.11. The van der Waals surface area contributed by atoms with Crippen molar-refractivity contribution in [1.82, 2.24) is 5.16 Å². The van der Waals surface area contributed by atoms with Gasteiger partial charge in [0.05, 0.1) is 19.2 Å². The molecule has 1 aromatic heterocycles. The fraction of sp³-hybridized carbons (Fsp3) is 0.600. The van der Waals surface area contributed by atoms with Crippen molar-refractivity contribution in [2.45, 2.75) is 32.6 Å². The highest BCUT2D eigenvalue weighted by Gasteiger charge is 2.06. The van der Waals surface area contributed by atoms with Crippen LogP contribution in [0.2, 0.25) is 0 Å². The SMILES string of the molecule is CCCc1cc(CCC(=O)OC)no1. The molecule has 4 heteroatoms. The van der Waals surface area contributed by atoms with Gasteiger partial charge in [-0.3, -0.25) is 4.79 Å². The van der Waals surface area contributed by atoms with Gasteiger partial charge in [0.2, 0.25) is 0 Å². The molecule has 78 valence electrons. The Kier molecular flexibility index (Phi) is 4.16. The van der Waals surface area contributed by atoms with Gasteiger partial charge in [0.1, 0.15) is 5.76 Å². The Morgan fingerprint density at radius 3 is 3.00 bits per heavy atom. The average molecular weight is 197 g/mol. The van der Waals surface area contributed by atoms with Crippen molar-refractivity contribution in [3.8, 4) is 0 Å². The molecule has 0 aliphatic carbocycles. The summed E-state index contributed by atoms with van der Waals surface area (Å²) < 4.78 is 9.60. The lowest BCUT2D eigenvalue weighted by Crippen LogP contribution is -2.01. The van der Waals surface area contributed by atoms with E-state index in [1.807, 2.05) is 6.07 Å². The molecule has 0 unspecified atom stereocenters. The second-order valence-electron chi connectivity index (χ2n) is 3.11. The zero-order valence-electron chi connectivity index (χ0n) is 8.58. The number of hydrogen-bond donors (Lipinski definition) is 0. The van der Waals surface area contributed by atoms with E-state index in [0.717, 1.165) is 24.3 Å². The standard InChI is InChI=1S/C10H15NO3/c1-3-4-9-7-8(11-14-9)5-6-10(12)13-2/h7H,3-6H2,1-2H3. The summed E-state index contributed by atoms with van der Waals surface area (Å²) in [6.07, 6.45) is 2.87. The lowest BCUT2D eigenvalue weighted by Gasteiger charge is -1.94. The molecule has 0 aliphatic rings. The van der Waals surface area contributed by atoms with E-state index < -0.39 is 0 Å². The Balaban J connectivity index is 2.39. The van der Waals surface area contributed by atoms with E-state index in [1.54, 1.807) is 0 Å². The van der Waals surface area contributed by atoms with Crippen LogP contribution in [0, 0.1) is 0 Å². The minimum Gasteiger partial charge on any atom is -0.469 e. The fourth-order valence-corrected chi connectivity index (χ4v) is 1.17. The molecule has 0 atom stereocenters. The maximum absolute atomic E-state index is 10.8. The number of rotatable bonds is 5. The third-order valence-corrected chi connectivity index (χ3v) is 1.92. The van der Waals surface area contributed by atoms with Crippen LogP contribution < -0.4 is 0 Å². The minimum absolute atomic E-state index is 0.218. The highest BCUT2D eigenvalue weighted by molar-refractivity contribution is 5.69. The van der Waals surface area contributed by atoms with Crippen molar-refractivity contribution in [2.75, 3.05) is 7.11 Å². The van der Waals surface area contributed by atoms with Crippen LogP contribution >= 0.6 is 0 Å². The molecule has 0 spiro atoms. The molecule has 1 aromatic rings. The van der Waals surface area contributed by atoms with Crippen molar-refractivity contribution in [1.29, 1.82) is 0 Å². The van der Waals surface area contributed by atoms with Crippen molar-refractivity contribution in [3.63, 3.8) is 0 Å². The van der Waals surface area contributed by atoms with Crippen LogP contribution in [0.15, 0.2) is 10.6 Å². The van der Waals surface area contributed by atoms with Gasteiger partial charge < -0.3 is 9.26 Å². The van der Waals surface area contributed by atoms with Gasteiger partial charge in [-0.25, -0.2) is 0 Å². The molecule has 0 bridgehead atoms. The summed E-state index contributed by atoms with van der Waals surface area (Å²) in [6, 6.07) is 1.90. The normalized spacial score (nSPS) is 10.1. The molecule has 14 heavy (non-hydrogen) atoms. The zero-order chi connectivity index (χ0) is 10.4. The predicted molar refractivity (Wildman–Crippen MR) is 50.8 cm³/mol. The summed E-state index contributed by atoms with van der Waals surface area (Å²) in [5.74, 6) is 0.664. The molecule has 0 saturated heterocycles. The first-order valence-electron chi connectivity index (χ1n) is 4.77. The number of esters is 1. The Bertz CT molecular complexity index is 293. The van der Waals surface area contributed by atoms with E-state index >= 15 is 0 Å². The summed E-state index contributed by atoms with van der Waals surface area (Å²) in [4.78, 5) is 10.8. The number of ether oxygens (including phenoxy) is 1. The molecule has 0 radical (unpaired) electrons. The molecule has 0 saturated carbocycles. The number of aromatic nitrogens is 1. The van der Waals surface area contributed by atoms with E-state index in [2.05, 4.69) is 16.8 Å². The highest BCUT2D eigenvalue weighted by atomic mass is 16.5. The molecule has 1 rings (SSSR count). The van der Waals surface area contributed by atoms with E-state index in [0.29, 0.717) is 12.8 Å². The van der Waals surface area contributed by atoms with Gasteiger partial charge in [0.25, 0.3) is 0 Å². The van der Waals surface area contributed by atoms with Gasteiger partial charge in [-0.05, 0) is 6.42 Å². The quantitative estimate of drug-likeness (QED) is 0.674. The van der Waals surface area contributed by atoms with Crippen LogP contribution in [0.3, 0.4) is 0 Å². The molecular formula is C10H15NO3. The first kappa shape index (κ1) is 10.8. The van der Waals surface area contributed by atoms with Crippen LogP contribution in [0.1, 0.15) is 31.2 Å². The Morgan fingerprint density at radius 2 is 2.36 bits per heavy atom. The summed E-state index contributed by atoms with van der Waals surface area (Å²) in [5.41, 5.74) is 0.818. The average Bonchev–Trinajstić information content (AvgIpc) is 2.63. The Hall–Kier alpha value is -1.32.